The Morgan fingerprint density at radius 1 is 1.15 bits per heavy atom. The Labute approximate surface area is 179 Å². The molecule has 0 radical (unpaired) electrons. The highest BCUT2D eigenvalue weighted by Gasteiger charge is 2.53. The van der Waals surface area contributed by atoms with E-state index in [4.69, 9.17) is 4.99 Å². The van der Waals surface area contributed by atoms with E-state index < -0.39 is 0 Å². The lowest BCUT2D eigenvalue weighted by molar-refractivity contribution is -0.0669. The van der Waals surface area contributed by atoms with Crippen molar-refractivity contribution in [3.63, 3.8) is 0 Å². The molecule has 148 valence electrons. The van der Waals surface area contributed by atoms with E-state index in [1.807, 2.05) is 24.6 Å². The minimum absolute atomic E-state index is 0. The summed E-state index contributed by atoms with van der Waals surface area (Å²) in [6.45, 7) is 13.4. The van der Waals surface area contributed by atoms with Gasteiger partial charge in [0.05, 0.1) is 13.1 Å². The predicted molar refractivity (Wildman–Crippen MR) is 120 cm³/mol. The van der Waals surface area contributed by atoms with Gasteiger partial charge in [-0.05, 0) is 26.3 Å². The van der Waals surface area contributed by atoms with Gasteiger partial charge in [-0.2, -0.15) is 0 Å². The van der Waals surface area contributed by atoms with Crippen LogP contribution in [0.5, 0.6) is 0 Å². The predicted octanol–water partition coefficient (Wildman–Crippen LogP) is 3.51. The minimum Gasteiger partial charge on any atom is -0.349 e. The first kappa shape index (κ1) is 21.7. The van der Waals surface area contributed by atoms with Gasteiger partial charge < -0.3 is 14.8 Å². The maximum atomic E-state index is 4.90. The Morgan fingerprint density at radius 3 is 2.33 bits per heavy atom. The largest absolute Gasteiger partial charge is 0.349 e. The fourth-order valence-corrected chi connectivity index (χ4v) is 3.15. The second-order valence-electron chi connectivity index (χ2n) is 8.23. The lowest BCUT2D eigenvalue weighted by atomic mass is 9.65. The number of aryl methyl sites for hydroxylation is 1. The summed E-state index contributed by atoms with van der Waals surface area (Å²) in [6.07, 6.45) is 0. The van der Waals surface area contributed by atoms with Gasteiger partial charge in [0, 0.05) is 24.5 Å². The summed E-state index contributed by atoms with van der Waals surface area (Å²) in [5.74, 6) is 2.75. The van der Waals surface area contributed by atoms with E-state index in [2.05, 4.69) is 72.4 Å². The summed E-state index contributed by atoms with van der Waals surface area (Å²) < 4.78 is 2.01. The highest BCUT2D eigenvalue weighted by molar-refractivity contribution is 14.0. The third kappa shape index (κ3) is 4.28. The molecule has 1 aromatic heterocycles. The molecule has 1 aromatic carbocycles. The van der Waals surface area contributed by atoms with Crippen LogP contribution in [0, 0.1) is 12.3 Å². The number of guanidine groups is 1. The number of aromatic nitrogens is 3. The first-order valence-corrected chi connectivity index (χ1v) is 9.17. The maximum absolute atomic E-state index is 4.90. The van der Waals surface area contributed by atoms with Gasteiger partial charge in [0.1, 0.15) is 5.82 Å². The van der Waals surface area contributed by atoms with E-state index in [1.54, 1.807) is 0 Å². The number of hydrogen-bond donors (Lipinski definition) is 1. The number of nitrogens with one attached hydrogen (secondary N) is 1. The lowest BCUT2D eigenvalue weighted by Gasteiger charge is -2.62. The number of aliphatic imine (C=N–C) groups is 1. The molecule has 1 aliphatic heterocycles. The fraction of sp³-hybridized carbons (Fsp3) is 0.550. The zero-order valence-electron chi connectivity index (χ0n) is 17.2. The molecule has 1 fully saturated rings. The fourth-order valence-electron chi connectivity index (χ4n) is 3.15. The average Bonchev–Trinajstić information content (AvgIpc) is 2.93. The zero-order valence-corrected chi connectivity index (χ0v) is 19.5. The van der Waals surface area contributed by atoms with Crippen LogP contribution in [-0.4, -0.2) is 37.7 Å². The topological polar surface area (TPSA) is 58.3 Å². The van der Waals surface area contributed by atoms with Gasteiger partial charge in [0.15, 0.2) is 11.8 Å². The van der Waals surface area contributed by atoms with Crippen molar-refractivity contribution in [1.82, 2.24) is 25.0 Å². The first-order chi connectivity index (χ1) is 12.2. The van der Waals surface area contributed by atoms with Crippen LogP contribution in [0.2, 0.25) is 0 Å². The molecule has 0 unspecified atom stereocenters. The molecule has 1 N–H and O–H groups in total. The molecule has 7 heteroatoms. The third-order valence-corrected chi connectivity index (χ3v) is 5.98. The van der Waals surface area contributed by atoms with Crippen LogP contribution in [0.3, 0.4) is 0 Å². The molecule has 0 bridgehead atoms. The molecule has 0 atom stereocenters. The number of nitrogens with zero attached hydrogens (tertiary/aromatic N) is 5. The lowest BCUT2D eigenvalue weighted by Crippen LogP contribution is -2.72. The van der Waals surface area contributed by atoms with Gasteiger partial charge >= 0.3 is 0 Å². The quantitative estimate of drug-likeness (QED) is 0.412. The molecule has 6 nitrogen and oxygen atoms in total. The first-order valence-electron chi connectivity index (χ1n) is 9.17. The van der Waals surface area contributed by atoms with E-state index in [9.17, 15) is 0 Å². The molecule has 3 rings (SSSR count). The number of likely N-dealkylation sites (tertiary alicyclic amines) is 1. The number of rotatable bonds is 4. The summed E-state index contributed by atoms with van der Waals surface area (Å²) in [6, 6.07) is 10.4. The molecule has 0 saturated carbocycles. The van der Waals surface area contributed by atoms with Crippen molar-refractivity contribution in [3.05, 3.63) is 47.5 Å². The monoisotopic (exact) mass is 482 g/mol. The van der Waals surface area contributed by atoms with Crippen molar-refractivity contribution in [3.8, 4) is 0 Å². The van der Waals surface area contributed by atoms with Crippen LogP contribution in [0.25, 0.3) is 0 Å². The molecular weight excluding hydrogens is 451 g/mol. The van der Waals surface area contributed by atoms with Crippen LogP contribution >= 0.6 is 24.0 Å². The van der Waals surface area contributed by atoms with E-state index >= 15 is 0 Å². The Balaban J connectivity index is 0.00000261. The molecule has 0 aliphatic carbocycles. The van der Waals surface area contributed by atoms with Gasteiger partial charge in [0.25, 0.3) is 0 Å². The SMILES string of the molecule is Cc1nnc(CNC(=NCc2ccccc2)N2CC(C)(C)C2(C)C)n1C.I. The second kappa shape index (κ2) is 8.16. The number of benzene rings is 1. The zero-order chi connectivity index (χ0) is 18.9. The van der Waals surface area contributed by atoms with Crippen molar-refractivity contribution in [1.29, 1.82) is 0 Å². The number of hydrogen-bond acceptors (Lipinski definition) is 3. The highest BCUT2D eigenvalue weighted by Crippen LogP contribution is 2.46. The molecule has 0 spiro atoms. The van der Waals surface area contributed by atoms with Gasteiger partial charge in [-0.1, -0.05) is 44.2 Å². The van der Waals surface area contributed by atoms with Crippen molar-refractivity contribution in [2.24, 2.45) is 17.5 Å². The Kier molecular flexibility index (Phi) is 6.55. The van der Waals surface area contributed by atoms with Crippen LogP contribution < -0.4 is 5.32 Å². The Hall–Kier alpha value is -1.64. The second-order valence-corrected chi connectivity index (χ2v) is 8.23. The summed E-state index contributed by atoms with van der Waals surface area (Å²) in [5.41, 5.74) is 1.51. The molecule has 1 aliphatic rings. The van der Waals surface area contributed by atoms with Gasteiger partial charge in [-0.15, -0.1) is 34.2 Å². The van der Waals surface area contributed by atoms with Crippen LogP contribution in [-0.2, 0) is 20.1 Å². The van der Waals surface area contributed by atoms with Crippen molar-refractivity contribution in [2.45, 2.75) is 53.2 Å². The maximum Gasteiger partial charge on any atom is 0.195 e. The Bertz CT molecular complexity index is 794. The summed E-state index contributed by atoms with van der Waals surface area (Å²) in [4.78, 5) is 7.26. The smallest absolute Gasteiger partial charge is 0.195 e. The summed E-state index contributed by atoms with van der Waals surface area (Å²) in [7, 11) is 1.99. The molecular formula is C20H31IN6. The van der Waals surface area contributed by atoms with Crippen molar-refractivity contribution in [2.75, 3.05) is 6.54 Å². The van der Waals surface area contributed by atoms with E-state index in [-0.39, 0.29) is 34.9 Å². The Morgan fingerprint density at radius 2 is 1.81 bits per heavy atom. The van der Waals surface area contributed by atoms with Gasteiger partial charge in [-0.25, -0.2) is 4.99 Å². The van der Waals surface area contributed by atoms with E-state index in [0.717, 1.165) is 24.2 Å². The molecule has 1 saturated heterocycles. The molecule has 2 aromatic rings. The van der Waals surface area contributed by atoms with Gasteiger partial charge in [-0.3, -0.25) is 0 Å². The van der Waals surface area contributed by atoms with Crippen LogP contribution in [0.4, 0.5) is 0 Å². The third-order valence-electron chi connectivity index (χ3n) is 5.98. The summed E-state index contributed by atoms with van der Waals surface area (Å²) >= 11 is 0. The van der Waals surface area contributed by atoms with E-state index in [0.29, 0.717) is 13.1 Å². The molecule has 27 heavy (non-hydrogen) atoms. The van der Waals surface area contributed by atoms with Crippen LogP contribution in [0.1, 0.15) is 44.9 Å². The highest BCUT2D eigenvalue weighted by atomic mass is 127. The summed E-state index contributed by atoms with van der Waals surface area (Å²) in [5, 5.41) is 11.9. The standard InChI is InChI=1S/C20H30N6.HI/c1-15-23-24-17(25(15)6)13-22-18(21-12-16-10-8-7-9-11-16)26-14-19(2,3)20(26,4)5;/h7-11H,12-14H2,1-6H3,(H,21,22);1H. The van der Waals surface area contributed by atoms with Crippen molar-refractivity contribution < 1.29 is 0 Å². The number of halogens is 1. The minimum atomic E-state index is 0. The average molecular weight is 482 g/mol. The molecule has 0 amide bonds. The van der Waals surface area contributed by atoms with Gasteiger partial charge in [0.2, 0.25) is 0 Å². The molecule has 2 heterocycles. The van der Waals surface area contributed by atoms with Crippen molar-refractivity contribution >= 4 is 29.9 Å². The van der Waals surface area contributed by atoms with Crippen LogP contribution in [0.15, 0.2) is 35.3 Å². The van der Waals surface area contributed by atoms with E-state index in [1.165, 1.54) is 5.56 Å². The normalized spacial score (nSPS) is 17.9.